The fraction of sp³-hybridized carbons (Fsp3) is 0.848. The van der Waals surface area contributed by atoms with Crippen LogP contribution >= 0.6 is 8.17 Å². The molecular formula is C46H92N8O16P+. The lowest BCUT2D eigenvalue weighted by molar-refractivity contribution is -0.156. The summed E-state index contributed by atoms with van der Waals surface area (Å²) >= 11 is 0. The van der Waals surface area contributed by atoms with Gasteiger partial charge in [0.25, 0.3) is 0 Å². The molecule has 0 saturated carbocycles. The number of carbonyl (C=O) groups is 2. The number of hydrogen-bond donors (Lipinski definition) is 15. The summed E-state index contributed by atoms with van der Waals surface area (Å²) in [5.74, 6) is -1.31. The van der Waals surface area contributed by atoms with E-state index in [0.29, 0.717) is 56.1 Å². The Morgan fingerprint density at radius 3 is 1.44 bits per heavy atom. The topological polar surface area (TPSA) is 353 Å². The van der Waals surface area contributed by atoms with Gasteiger partial charge in [-0.25, -0.2) is 0 Å². The first-order valence-electron chi connectivity index (χ1n) is 25.3. The van der Waals surface area contributed by atoms with Crippen molar-refractivity contribution in [3.05, 3.63) is 23.0 Å². The fourth-order valence-electron chi connectivity index (χ4n) is 6.82. The maximum atomic E-state index is 12.4. The molecule has 0 spiro atoms. The summed E-state index contributed by atoms with van der Waals surface area (Å²) in [5, 5.41) is 89.1. The highest BCUT2D eigenvalue weighted by atomic mass is 31.2. The minimum absolute atomic E-state index is 0.0417. The third-order valence-corrected chi connectivity index (χ3v) is 11.9. The number of unbranched alkanes of at least 4 members (excludes halogenated alkanes) is 3. The number of aryl methyl sites for hydroxylation is 1. The van der Waals surface area contributed by atoms with Gasteiger partial charge in [-0.3, -0.25) is 19.5 Å². The molecule has 416 valence electrons. The molecule has 0 saturated heterocycles. The lowest BCUT2D eigenvalue weighted by Crippen LogP contribution is -2.45. The van der Waals surface area contributed by atoms with Crippen LogP contribution in [0.25, 0.3) is 0 Å². The molecule has 6 atom stereocenters. The Morgan fingerprint density at radius 2 is 1.00 bits per heavy atom. The smallest absolute Gasteiger partial charge is 0.506 e. The van der Waals surface area contributed by atoms with E-state index >= 15 is 0 Å². The number of nitrogens with one attached hydrogen (secondary N) is 5. The lowest BCUT2D eigenvalue weighted by atomic mass is 10.1. The second kappa shape index (κ2) is 40.9. The molecule has 0 aliphatic carbocycles. The van der Waals surface area contributed by atoms with Crippen molar-refractivity contribution in [3.63, 3.8) is 0 Å². The van der Waals surface area contributed by atoms with E-state index in [1.165, 1.54) is 6.20 Å². The first kappa shape index (κ1) is 66.6. The molecule has 0 radical (unpaired) electrons. The molecule has 0 fully saturated rings. The Morgan fingerprint density at radius 1 is 0.592 bits per heavy atom. The number of pyridine rings is 1. The van der Waals surface area contributed by atoms with E-state index in [2.05, 4.69) is 62.1 Å². The number of aromatic nitrogens is 1. The maximum Gasteiger partial charge on any atom is 0.567 e. The number of aromatic hydroxyl groups is 1. The molecule has 0 aliphatic rings. The second-order valence-corrected chi connectivity index (χ2v) is 18.8. The van der Waals surface area contributed by atoms with E-state index in [0.717, 1.165) is 90.9 Å². The average molecular weight is 1040 g/mol. The van der Waals surface area contributed by atoms with Gasteiger partial charge in [0, 0.05) is 102 Å². The van der Waals surface area contributed by atoms with E-state index < -0.39 is 83.2 Å². The predicted octanol–water partition coefficient (Wildman–Crippen LogP) is -2.23. The molecule has 6 unspecified atom stereocenters. The average Bonchev–Trinajstić information content (AvgIpc) is 3.34. The summed E-state index contributed by atoms with van der Waals surface area (Å²) < 4.78 is 20.1. The zero-order valence-corrected chi connectivity index (χ0v) is 43.7. The third kappa shape index (κ3) is 33.2. The lowest BCUT2D eigenvalue weighted by Gasteiger charge is -2.25. The first-order chi connectivity index (χ1) is 33.9. The molecular weight excluding hydrogens is 952 g/mol. The monoisotopic (exact) mass is 1040 g/mol. The number of ether oxygens (including phenoxy) is 3. The van der Waals surface area contributed by atoms with Gasteiger partial charge in [-0.2, -0.15) is 14.7 Å². The zero-order valence-electron chi connectivity index (χ0n) is 42.8. The summed E-state index contributed by atoms with van der Waals surface area (Å²) in [5.41, 5.74) is 1.22. The van der Waals surface area contributed by atoms with Crippen molar-refractivity contribution in [1.29, 1.82) is 0 Å². The van der Waals surface area contributed by atoms with E-state index in [1.807, 2.05) is 0 Å². The highest BCUT2D eigenvalue weighted by Gasteiger charge is 2.34. The summed E-state index contributed by atoms with van der Waals surface area (Å²) in [7, 11) is -4.48. The van der Waals surface area contributed by atoms with Crippen LogP contribution in [-0.2, 0) is 41.5 Å². The van der Waals surface area contributed by atoms with Gasteiger partial charge < -0.3 is 81.4 Å². The van der Waals surface area contributed by atoms with Gasteiger partial charge in [0.1, 0.15) is 62.2 Å². The Labute approximate surface area is 421 Å². The number of esters is 2. The van der Waals surface area contributed by atoms with E-state index in [1.54, 1.807) is 6.92 Å². The van der Waals surface area contributed by atoms with Crippen LogP contribution in [0.15, 0.2) is 6.20 Å². The maximum absolute atomic E-state index is 12.4. The number of hydrogen-bond acceptors (Lipinski definition) is 24. The van der Waals surface area contributed by atoms with E-state index in [-0.39, 0.29) is 38.3 Å². The van der Waals surface area contributed by atoms with Gasteiger partial charge >= 0.3 is 20.1 Å². The standard InChI is InChI=1S/C46H91N8O16P/c1-5-8-13-47-17-23-53(22-10-7-3)24-19-49-15-11-42(59)68-33-40(57)45(62)38(55)31-67-32-39(56)46(63)41(58)34-69-43(60)12-16-50-20-26-54(25-18-48-14-9-6-2)27-21-51-29-37-36(30-70-71(64,65)66)28-52-35(4)44(37)61/h28,38-41,45-51,55-58,62-66H,5-27,29-34H2,1-4H3/p+1. The third-order valence-electron chi connectivity index (χ3n) is 11.4. The van der Waals surface area contributed by atoms with Crippen LogP contribution in [0.4, 0.5) is 0 Å². The molecule has 0 aromatic carbocycles. The SMILES string of the molecule is CCCCNCCN(CCCC)CCNCCC(=O)OCC(O)C(O)C(O)COCC(O)C(O)C(O)COC(=O)CCNCCN(CCNCCCC)CCNCc1c(CO[P+](O)(O)O)cnc(C)c1O. The van der Waals surface area contributed by atoms with Crippen LogP contribution in [0, 0.1) is 6.92 Å². The largest absolute Gasteiger partial charge is 0.567 e. The Hall–Kier alpha value is -2.40. The summed E-state index contributed by atoms with van der Waals surface area (Å²) in [6.07, 6.45) is -2.06. The highest BCUT2D eigenvalue weighted by molar-refractivity contribution is 7.53. The molecule has 1 heterocycles. The zero-order chi connectivity index (χ0) is 52.9. The van der Waals surface area contributed by atoms with Crippen molar-refractivity contribution in [2.45, 2.75) is 129 Å². The molecule has 0 aliphatic heterocycles. The van der Waals surface area contributed by atoms with E-state index in [4.69, 9.17) is 18.7 Å². The second-order valence-electron chi connectivity index (χ2n) is 17.6. The van der Waals surface area contributed by atoms with Crippen LogP contribution in [0.1, 0.15) is 89.0 Å². The van der Waals surface area contributed by atoms with Crippen LogP contribution in [-0.4, -0.2) is 238 Å². The van der Waals surface area contributed by atoms with Crippen LogP contribution in [0.2, 0.25) is 0 Å². The van der Waals surface area contributed by atoms with Crippen molar-refractivity contribution < 1.29 is 78.7 Å². The molecule has 1 aromatic rings. The van der Waals surface area contributed by atoms with Crippen LogP contribution in [0.3, 0.4) is 0 Å². The van der Waals surface area contributed by atoms with Crippen molar-refractivity contribution >= 4 is 20.1 Å². The fourth-order valence-corrected chi connectivity index (χ4v) is 7.13. The van der Waals surface area contributed by atoms with Crippen molar-refractivity contribution in [2.24, 2.45) is 0 Å². The highest BCUT2D eigenvalue weighted by Crippen LogP contribution is 2.46. The van der Waals surface area contributed by atoms with Crippen molar-refractivity contribution in [1.82, 2.24) is 41.4 Å². The number of aliphatic hydroxyl groups is 6. The summed E-state index contributed by atoms with van der Waals surface area (Å²) in [4.78, 5) is 61.0. The molecule has 0 bridgehead atoms. The normalized spacial score (nSPS) is 14.7. The first-order valence-corrected chi connectivity index (χ1v) is 26.8. The molecule has 24 nitrogen and oxygen atoms in total. The summed E-state index contributed by atoms with van der Waals surface area (Å²) in [6, 6.07) is 0. The number of carbonyl (C=O) groups excluding carboxylic acids is 2. The summed E-state index contributed by atoms with van der Waals surface area (Å²) in [6.45, 7) is 16.3. The van der Waals surface area contributed by atoms with Gasteiger partial charge in [-0.15, -0.1) is 4.52 Å². The van der Waals surface area contributed by atoms with E-state index in [9.17, 15) is 60.0 Å². The minimum atomic E-state index is -4.48. The molecule has 25 heteroatoms. The Kier molecular flexibility index (Phi) is 38.4. The van der Waals surface area contributed by atoms with Crippen molar-refractivity contribution in [3.8, 4) is 5.75 Å². The Bertz CT molecular complexity index is 1510. The van der Waals surface area contributed by atoms with Gasteiger partial charge in [-0.1, -0.05) is 40.0 Å². The number of nitrogens with zero attached hydrogens (tertiary/aromatic N) is 3. The molecule has 71 heavy (non-hydrogen) atoms. The van der Waals surface area contributed by atoms with Crippen LogP contribution in [0.5, 0.6) is 5.75 Å². The van der Waals surface area contributed by atoms with Gasteiger partial charge in [0.05, 0.1) is 31.7 Å². The van der Waals surface area contributed by atoms with Gasteiger partial charge in [-0.05, 0) is 45.8 Å². The number of aliphatic hydroxyl groups excluding tert-OH is 6. The number of rotatable bonds is 47. The van der Waals surface area contributed by atoms with Gasteiger partial charge in [0.2, 0.25) is 0 Å². The Balaban J connectivity index is 2.36. The predicted molar refractivity (Wildman–Crippen MR) is 268 cm³/mol. The quantitative estimate of drug-likeness (QED) is 0.0187. The van der Waals surface area contributed by atoms with Crippen LogP contribution < -0.4 is 26.6 Å². The molecule has 15 N–H and O–H groups in total. The van der Waals surface area contributed by atoms with Crippen molar-refractivity contribution in [2.75, 3.05) is 125 Å². The molecule has 1 rings (SSSR count). The molecule has 1 aromatic heterocycles. The van der Waals surface area contributed by atoms with Gasteiger partial charge in [0.15, 0.2) is 0 Å². The minimum Gasteiger partial charge on any atom is -0.506 e. The molecule has 0 amide bonds.